The second-order valence-corrected chi connectivity index (χ2v) is 21.0. The average Bonchev–Trinajstić information content (AvgIpc) is 4.10. The second kappa shape index (κ2) is 25.7. The first kappa shape index (κ1) is 48.8. The molecular weight excluding hydrogens is 829 g/mol. The van der Waals surface area contributed by atoms with E-state index < -0.39 is 0 Å². The van der Waals surface area contributed by atoms with Gasteiger partial charge in [-0.05, 0) is 155 Å². The summed E-state index contributed by atoms with van der Waals surface area (Å²) >= 11 is 3.84. The first-order valence-corrected chi connectivity index (χ1v) is 27.7. The number of hydrogen-bond donors (Lipinski definition) is 0. The molecule has 0 amide bonds. The Bertz CT molecular complexity index is 2130. The van der Waals surface area contributed by atoms with Gasteiger partial charge >= 0.3 is 0 Å². The minimum atomic E-state index is 0.00508. The van der Waals surface area contributed by atoms with Crippen LogP contribution in [0.5, 0.6) is 11.5 Å². The summed E-state index contributed by atoms with van der Waals surface area (Å²) in [5.41, 5.74) is 11.3. The third kappa shape index (κ3) is 13.1. The minimum absolute atomic E-state index is 0.00508. The zero-order valence-electron chi connectivity index (χ0n) is 40.5. The maximum Gasteiger partial charge on any atom is 0.119 e. The fourth-order valence-electron chi connectivity index (χ4n) is 10.0. The van der Waals surface area contributed by atoms with Crippen LogP contribution in [0.25, 0.3) is 52.9 Å². The number of hydrogen-bond acceptors (Lipinski definition) is 4. The van der Waals surface area contributed by atoms with Crippen LogP contribution in [-0.4, -0.2) is 13.2 Å². The molecule has 2 aromatic heterocycles. The molecule has 0 spiro atoms. The SMILES string of the molecule is CCCCCCCCC1(CCCCCCCC)c2cc(-c3ccc(-c4ccc(OCCCCCC)cc4)s3)ccc2-c2ccc(-c3ccc(-c4ccc(OCCCCCC)cc4)s3)cc21. The predicted molar refractivity (Wildman–Crippen MR) is 285 cm³/mol. The molecule has 7 rings (SSSR count). The summed E-state index contributed by atoms with van der Waals surface area (Å²) in [5, 5.41) is 0. The molecule has 346 valence electrons. The standard InChI is InChI=1S/C61H78O2S2/c1-5-9-13-17-19-21-41-61(42-22-20-18-14-10-6-2)55-45-49(59-39-37-57(64-59)47-25-31-51(32-26-47)62-43-23-15-11-7-3)29-35-53(55)54-36-30-50(46-56(54)61)60-40-38-58(65-60)48-27-33-52(34-28-48)63-44-24-16-12-8-4/h25-40,45-46H,5-24,41-44H2,1-4H3. The summed E-state index contributed by atoms with van der Waals surface area (Å²) < 4.78 is 12.2. The van der Waals surface area contributed by atoms with E-state index in [0.717, 1.165) is 37.6 Å². The number of benzene rings is 4. The molecule has 1 aliphatic rings. The van der Waals surface area contributed by atoms with Gasteiger partial charge in [0.05, 0.1) is 13.2 Å². The highest BCUT2D eigenvalue weighted by Crippen LogP contribution is 2.56. The molecule has 6 aromatic rings. The lowest BCUT2D eigenvalue weighted by Crippen LogP contribution is -2.25. The summed E-state index contributed by atoms with van der Waals surface area (Å²) in [5.74, 6) is 1.94. The number of fused-ring (bicyclic) bond motifs is 3. The summed E-state index contributed by atoms with van der Waals surface area (Å²) in [6.07, 6.45) is 28.1. The maximum atomic E-state index is 6.08. The van der Waals surface area contributed by atoms with Crippen molar-refractivity contribution in [1.82, 2.24) is 0 Å². The van der Waals surface area contributed by atoms with Gasteiger partial charge in [-0.15, -0.1) is 22.7 Å². The van der Waals surface area contributed by atoms with Gasteiger partial charge in [-0.3, -0.25) is 0 Å². The summed E-state index contributed by atoms with van der Waals surface area (Å²) in [4.78, 5) is 5.32. The first-order chi connectivity index (χ1) is 32.1. The highest BCUT2D eigenvalue weighted by molar-refractivity contribution is 7.19. The van der Waals surface area contributed by atoms with Crippen LogP contribution in [0.3, 0.4) is 0 Å². The van der Waals surface area contributed by atoms with Gasteiger partial charge in [0.15, 0.2) is 0 Å². The van der Waals surface area contributed by atoms with Gasteiger partial charge in [0.2, 0.25) is 0 Å². The largest absolute Gasteiger partial charge is 0.494 e. The van der Waals surface area contributed by atoms with Crippen LogP contribution in [0.4, 0.5) is 0 Å². The monoisotopic (exact) mass is 907 g/mol. The molecule has 0 fully saturated rings. The summed E-state index contributed by atoms with van der Waals surface area (Å²) in [7, 11) is 0. The van der Waals surface area contributed by atoms with Crippen LogP contribution < -0.4 is 9.47 Å². The van der Waals surface area contributed by atoms with E-state index in [-0.39, 0.29) is 5.41 Å². The van der Waals surface area contributed by atoms with E-state index in [1.54, 1.807) is 11.1 Å². The van der Waals surface area contributed by atoms with Gasteiger partial charge in [-0.1, -0.05) is 168 Å². The van der Waals surface area contributed by atoms with Crippen LogP contribution in [0.15, 0.2) is 109 Å². The maximum absolute atomic E-state index is 6.08. The van der Waals surface area contributed by atoms with Gasteiger partial charge in [0.25, 0.3) is 0 Å². The molecule has 0 radical (unpaired) electrons. The second-order valence-electron chi connectivity index (χ2n) is 18.8. The molecule has 0 aliphatic heterocycles. The molecule has 65 heavy (non-hydrogen) atoms. The molecule has 2 nitrogen and oxygen atoms in total. The molecule has 0 saturated heterocycles. The molecule has 0 atom stereocenters. The van der Waals surface area contributed by atoms with Gasteiger partial charge in [0.1, 0.15) is 11.5 Å². The Morgan fingerprint density at radius 3 is 1.05 bits per heavy atom. The van der Waals surface area contributed by atoms with E-state index in [0.29, 0.717) is 0 Å². The molecule has 2 heterocycles. The van der Waals surface area contributed by atoms with Crippen molar-refractivity contribution in [2.45, 2.75) is 174 Å². The zero-order chi connectivity index (χ0) is 45.1. The fourth-order valence-corrected chi connectivity index (χ4v) is 12.1. The lowest BCUT2D eigenvalue weighted by atomic mass is 9.70. The highest BCUT2D eigenvalue weighted by atomic mass is 32.1. The highest BCUT2D eigenvalue weighted by Gasteiger charge is 2.42. The summed E-state index contributed by atoms with van der Waals surface area (Å²) in [6, 6.07) is 41.9. The van der Waals surface area contributed by atoms with Crippen molar-refractivity contribution in [3.05, 3.63) is 120 Å². The normalized spacial score (nSPS) is 12.7. The van der Waals surface area contributed by atoms with Gasteiger partial charge in [-0.2, -0.15) is 0 Å². The molecule has 4 heteroatoms. The van der Waals surface area contributed by atoms with E-state index in [1.165, 1.54) is 181 Å². The number of rotatable bonds is 30. The minimum Gasteiger partial charge on any atom is -0.494 e. The lowest BCUT2D eigenvalue weighted by molar-refractivity contribution is 0.305. The van der Waals surface area contributed by atoms with Gasteiger partial charge in [0, 0.05) is 24.9 Å². The van der Waals surface area contributed by atoms with Crippen LogP contribution in [0.1, 0.15) is 180 Å². The molecule has 0 unspecified atom stereocenters. The molecular formula is C61H78O2S2. The van der Waals surface area contributed by atoms with Crippen LogP contribution >= 0.6 is 22.7 Å². The topological polar surface area (TPSA) is 18.5 Å². The quantitative estimate of drug-likeness (QED) is 0.0419. The molecule has 0 N–H and O–H groups in total. The van der Waals surface area contributed by atoms with Crippen molar-refractivity contribution in [3.63, 3.8) is 0 Å². The molecule has 0 bridgehead atoms. The first-order valence-electron chi connectivity index (χ1n) is 26.0. The third-order valence-electron chi connectivity index (χ3n) is 13.9. The molecule has 0 saturated carbocycles. The van der Waals surface area contributed by atoms with Crippen molar-refractivity contribution >= 4 is 22.7 Å². The Hall–Kier alpha value is -4.12. The Balaban J connectivity index is 1.17. The van der Waals surface area contributed by atoms with Crippen molar-refractivity contribution in [1.29, 1.82) is 0 Å². The fraction of sp³-hybridized carbons (Fsp3) is 0.475. The predicted octanol–water partition coefficient (Wildman–Crippen LogP) is 20.2. The van der Waals surface area contributed by atoms with E-state index in [9.17, 15) is 0 Å². The zero-order valence-corrected chi connectivity index (χ0v) is 42.1. The van der Waals surface area contributed by atoms with E-state index in [1.807, 2.05) is 22.7 Å². The Morgan fingerprint density at radius 1 is 0.338 bits per heavy atom. The number of unbranched alkanes of at least 4 members (excludes halogenated alkanes) is 16. The van der Waals surface area contributed by atoms with Crippen molar-refractivity contribution in [2.24, 2.45) is 0 Å². The lowest BCUT2D eigenvalue weighted by Gasteiger charge is -2.33. The molecule has 4 aromatic carbocycles. The van der Waals surface area contributed by atoms with Crippen LogP contribution in [0.2, 0.25) is 0 Å². The van der Waals surface area contributed by atoms with Gasteiger partial charge < -0.3 is 9.47 Å². The van der Waals surface area contributed by atoms with Crippen molar-refractivity contribution < 1.29 is 9.47 Å². The van der Waals surface area contributed by atoms with Crippen molar-refractivity contribution in [3.8, 4) is 64.4 Å². The molecule has 1 aliphatic carbocycles. The van der Waals surface area contributed by atoms with Crippen LogP contribution in [0, 0.1) is 0 Å². The van der Waals surface area contributed by atoms with Crippen molar-refractivity contribution in [2.75, 3.05) is 13.2 Å². The number of ether oxygens (including phenoxy) is 2. The van der Waals surface area contributed by atoms with E-state index >= 15 is 0 Å². The van der Waals surface area contributed by atoms with Crippen LogP contribution in [-0.2, 0) is 5.41 Å². The van der Waals surface area contributed by atoms with Gasteiger partial charge in [-0.25, -0.2) is 0 Å². The third-order valence-corrected chi connectivity index (χ3v) is 16.2. The van der Waals surface area contributed by atoms with E-state index in [4.69, 9.17) is 9.47 Å². The Kier molecular flexibility index (Phi) is 19.3. The average molecular weight is 907 g/mol. The number of thiophene rings is 2. The smallest absolute Gasteiger partial charge is 0.119 e. The van der Waals surface area contributed by atoms with E-state index in [2.05, 4.69) is 137 Å². The summed E-state index contributed by atoms with van der Waals surface area (Å²) in [6.45, 7) is 10.8. The Labute approximate surface area is 402 Å². The Morgan fingerprint density at radius 2 is 0.662 bits per heavy atom.